The molecule has 1 saturated carbocycles. The lowest BCUT2D eigenvalue weighted by Gasteiger charge is -2.13. The molecule has 1 N–H and O–H groups in total. The first kappa shape index (κ1) is 13.9. The van der Waals surface area contributed by atoms with Crippen molar-refractivity contribution in [3.8, 4) is 0 Å². The van der Waals surface area contributed by atoms with Crippen LogP contribution in [-0.4, -0.2) is 18.6 Å². The van der Waals surface area contributed by atoms with Gasteiger partial charge < -0.3 is 5.32 Å². The maximum absolute atomic E-state index is 12.1. The van der Waals surface area contributed by atoms with E-state index in [2.05, 4.69) is 6.92 Å². The lowest BCUT2D eigenvalue weighted by atomic mass is 9.94. The maximum atomic E-state index is 12.1. The van der Waals surface area contributed by atoms with Gasteiger partial charge in [-0.1, -0.05) is 18.6 Å². The predicted octanol–water partition coefficient (Wildman–Crippen LogP) is 3.34. The second-order valence-corrected chi connectivity index (χ2v) is 5.45. The third-order valence-corrected chi connectivity index (χ3v) is 3.49. The zero-order valence-corrected chi connectivity index (χ0v) is 10.9. The molecular weight excluding hydrogens is 255 g/mol. The Bertz CT molecular complexity index is 504. The maximum Gasteiger partial charge on any atom is 0.405 e. The number of rotatable bonds is 3. The van der Waals surface area contributed by atoms with Gasteiger partial charge in [0.05, 0.1) is 0 Å². The normalized spacial score (nSPS) is 17.1. The molecule has 0 bridgehead atoms. The molecule has 0 saturated heterocycles. The minimum atomic E-state index is -4.38. The van der Waals surface area contributed by atoms with Crippen LogP contribution in [0.2, 0.25) is 0 Å². The Morgan fingerprint density at radius 3 is 2.47 bits per heavy atom. The highest BCUT2D eigenvalue weighted by Gasteiger charge is 2.39. The van der Waals surface area contributed by atoms with Gasteiger partial charge in [-0.25, -0.2) is 0 Å². The number of amides is 1. The molecule has 1 aliphatic carbocycles. The summed E-state index contributed by atoms with van der Waals surface area (Å²) in [4.78, 5) is 11.7. The molecule has 1 fully saturated rings. The molecule has 1 aliphatic rings. The van der Waals surface area contributed by atoms with Crippen molar-refractivity contribution >= 4 is 5.91 Å². The van der Waals surface area contributed by atoms with E-state index in [1.54, 1.807) is 12.1 Å². The number of carbonyl (C=O) groups is 1. The van der Waals surface area contributed by atoms with Gasteiger partial charge in [-0.2, -0.15) is 13.2 Å². The minimum absolute atomic E-state index is 0.0884. The number of carbonyl (C=O) groups excluding carboxylic acids is 1. The van der Waals surface area contributed by atoms with Crippen LogP contribution in [0.15, 0.2) is 18.2 Å². The van der Waals surface area contributed by atoms with Crippen LogP contribution in [0.1, 0.15) is 41.3 Å². The first-order chi connectivity index (χ1) is 8.70. The summed E-state index contributed by atoms with van der Waals surface area (Å²) >= 11 is 0. The largest absolute Gasteiger partial charge is 0.405 e. The zero-order chi connectivity index (χ0) is 14.3. The molecule has 19 heavy (non-hydrogen) atoms. The summed E-state index contributed by atoms with van der Waals surface area (Å²) in [6, 6.07) is 5.31. The van der Waals surface area contributed by atoms with Gasteiger partial charge in [-0.3, -0.25) is 4.79 Å². The van der Waals surface area contributed by atoms with Crippen LogP contribution in [0.4, 0.5) is 13.2 Å². The van der Waals surface area contributed by atoms with E-state index in [-0.39, 0.29) is 5.41 Å². The smallest absolute Gasteiger partial charge is 0.343 e. The van der Waals surface area contributed by atoms with Gasteiger partial charge in [0, 0.05) is 5.56 Å². The highest BCUT2D eigenvalue weighted by molar-refractivity contribution is 5.94. The van der Waals surface area contributed by atoms with Crippen molar-refractivity contribution < 1.29 is 18.0 Å². The molecule has 0 aromatic heterocycles. The fourth-order valence-electron chi connectivity index (χ4n) is 2.02. The number of nitrogens with one attached hydrogen (secondary N) is 1. The SMILES string of the molecule is Cc1cc(C(=O)NCC(F)(F)F)cc(C2(C)CC2)c1. The van der Waals surface area contributed by atoms with Crippen molar-refractivity contribution in [2.75, 3.05) is 6.54 Å². The van der Waals surface area contributed by atoms with Gasteiger partial charge >= 0.3 is 6.18 Å². The number of benzene rings is 1. The Morgan fingerprint density at radius 1 is 1.32 bits per heavy atom. The summed E-state index contributed by atoms with van der Waals surface area (Å²) in [6.45, 7) is 2.64. The molecule has 0 aliphatic heterocycles. The third-order valence-electron chi connectivity index (χ3n) is 3.49. The number of hydrogen-bond acceptors (Lipinski definition) is 1. The van der Waals surface area contributed by atoms with E-state index >= 15 is 0 Å². The summed E-state index contributed by atoms with van der Waals surface area (Å²) in [5.74, 6) is -0.675. The molecule has 0 heterocycles. The summed E-state index contributed by atoms with van der Waals surface area (Å²) in [6.07, 6.45) is -2.27. The van der Waals surface area contributed by atoms with Crippen LogP contribution >= 0.6 is 0 Å². The van der Waals surface area contributed by atoms with E-state index in [1.807, 2.05) is 18.3 Å². The van der Waals surface area contributed by atoms with Crippen LogP contribution in [0.3, 0.4) is 0 Å². The van der Waals surface area contributed by atoms with Gasteiger partial charge in [0.2, 0.25) is 0 Å². The van der Waals surface area contributed by atoms with Crippen molar-refractivity contribution in [2.24, 2.45) is 0 Å². The predicted molar refractivity (Wildman–Crippen MR) is 66.2 cm³/mol. The van der Waals surface area contributed by atoms with Gasteiger partial charge in [-0.15, -0.1) is 0 Å². The quantitative estimate of drug-likeness (QED) is 0.897. The van der Waals surface area contributed by atoms with Crippen LogP contribution in [-0.2, 0) is 5.41 Å². The first-order valence-electron chi connectivity index (χ1n) is 6.17. The fourth-order valence-corrected chi connectivity index (χ4v) is 2.02. The minimum Gasteiger partial charge on any atom is -0.343 e. The molecule has 1 amide bonds. The molecule has 0 unspecified atom stereocenters. The van der Waals surface area contributed by atoms with Gasteiger partial charge in [0.15, 0.2) is 0 Å². The second kappa shape index (κ2) is 4.54. The van der Waals surface area contributed by atoms with E-state index in [1.165, 1.54) is 0 Å². The fraction of sp³-hybridized carbons (Fsp3) is 0.500. The zero-order valence-electron chi connectivity index (χ0n) is 10.9. The van der Waals surface area contributed by atoms with Crippen molar-refractivity contribution in [1.82, 2.24) is 5.32 Å². The van der Waals surface area contributed by atoms with E-state index in [4.69, 9.17) is 0 Å². The molecule has 0 spiro atoms. The molecule has 1 aromatic rings. The van der Waals surface area contributed by atoms with Gasteiger partial charge in [-0.05, 0) is 42.9 Å². The van der Waals surface area contributed by atoms with Gasteiger partial charge in [0.25, 0.3) is 5.91 Å². The molecule has 2 nitrogen and oxygen atoms in total. The molecule has 5 heteroatoms. The molecule has 0 atom stereocenters. The Morgan fingerprint density at radius 2 is 1.95 bits per heavy atom. The molecule has 2 rings (SSSR count). The number of halogens is 3. The van der Waals surface area contributed by atoms with Crippen LogP contribution in [0.5, 0.6) is 0 Å². The lowest BCUT2D eigenvalue weighted by molar-refractivity contribution is -0.123. The summed E-state index contributed by atoms with van der Waals surface area (Å²) < 4.78 is 36.2. The molecule has 0 radical (unpaired) electrons. The Balaban J connectivity index is 2.16. The summed E-state index contributed by atoms with van der Waals surface area (Å²) in [7, 11) is 0. The van der Waals surface area contributed by atoms with E-state index in [0.717, 1.165) is 24.0 Å². The van der Waals surface area contributed by atoms with E-state index < -0.39 is 18.6 Å². The highest BCUT2D eigenvalue weighted by Crippen LogP contribution is 2.47. The van der Waals surface area contributed by atoms with Crippen LogP contribution < -0.4 is 5.32 Å². The Labute approximate surface area is 110 Å². The van der Waals surface area contributed by atoms with Crippen molar-refractivity contribution in [1.29, 1.82) is 0 Å². The first-order valence-corrected chi connectivity index (χ1v) is 6.17. The number of alkyl halides is 3. The standard InChI is InChI=1S/C14H16F3NO/c1-9-5-10(12(19)18-8-14(15,16)17)7-11(6-9)13(2)3-4-13/h5-7H,3-4,8H2,1-2H3,(H,18,19). The van der Waals surface area contributed by atoms with Crippen molar-refractivity contribution in [3.05, 3.63) is 34.9 Å². The molecular formula is C14H16F3NO. The highest BCUT2D eigenvalue weighted by atomic mass is 19.4. The van der Waals surface area contributed by atoms with Crippen molar-refractivity contribution in [2.45, 2.75) is 38.3 Å². The van der Waals surface area contributed by atoms with Crippen molar-refractivity contribution in [3.63, 3.8) is 0 Å². The van der Waals surface area contributed by atoms with Crippen LogP contribution in [0.25, 0.3) is 0 Å². The number of aryl methyl sites for hydroxylation is 1. The Kier molecular flexibility index (Phi) is 3.32. The molecule has 1 aromatic carbocycles. The topological polar surface area (TPSA) is 29.1 Å². The van der Waals surface area contributed by atoms with E-state index in [9.17, 15) is 18.0 Å². The van der Waals surface area contributed by atoms with Gasteiger partial charge in [0.1, 0.15) is 6.54 Å². The monoisotopic (exact) mass is 271 g/mol. The third kappa shape index (κ3) is 3.49. The average molecular weight is 271 g/mol. The Hall–Kier alpha value is -1.52. The lowest BCUT2D eigenvalue weighted by Crippen LogP contribution is -2.33. The summed E-state index contributed by atoms with van der Waals surface area (Å²) in [5.41, 5.74) is 2.31. The second-order valence-electron chi connectivity index (χ2n) is 5.45. The van der Waals surface area contributed by atoms with E-state index in [0.29, 0.717) is 5.56 Å². The number of hydrogen-bond donors (Lipinski definition) is 1. The van der Waals surface area contributed by atoms with Crippen LogP contribution in [0, 0.1) is 6.92 Å². The average Bonchev–Trinajstić information content (AvgIpc) is 3.04. The summed E-state index contributed by atoms with van der Waals surface area (Å²) in [5, 5.41) is 1.90. The molecule has 104 valence electrons.